The molecule has 0 heterocycles. The highest BCUT2D eigenvalue weighted by Crippen LogP contribution is 1.78. The maximum atomic E-state index is 2.27. The van der Waals surface area contributed by atoms with E-state index in [0.29, 0.717) is 0 Å². The van der Waals surface area contributed by atoms with Gasteiger partial charge in [0.05, 0.1) is 8.80 Å². The van der Waals surface area contributed by atoms with Gasteiger partial charge in [-0.3, -0.25) is 0 Å². The Bertz CT molecular complexity index is 45.9. The van der Waals surface area contributed by atoms with Gasteiger partial charge in [-0.15, -0.1) is 5.70 Å². The molecule has 1 heteroatoms. The molecule has 0 bridgehead atoms. The average molecular weight is 99.2 g/mol. The Morgan fingerprint density at radius 3 is 1.83 bits per heavy atom. The van der Waals surface area contributed by atoms with Crippen LogP contribution in [-0.2, 0) is 0 Å². The van der Waals surface area contributed by atoms with Gasteiger partial charge >= 0.3 is 0 Å². The highest BCUT2D eigenvalue weighted by atomic mass is 28.3. The van der Waals surface area contributed by atoms with Crippen molar-refractivity contribution < 1.29 is 0 Å². The number of rotatable bonds is 1. The normalized spacial score (nSPS) is 11.3. The summed E-state index contributed by atoms with van der Waals surface area (Å²) in [5, 5.41) is 0. The molecule has 0 aromatic carbocycles. The van der Waals surface area contributed by atoms with Gasteiger partial charge in [0, 0.05) is 0 Å². The fourth-order valence-corrected chi connectivity index (χ4v) is 1.00. The molecule has 0 fully saturated rings. The lowest BCUT2D eigenvalue weighted by molar-refractivity contribution is 1.76. The zero-order valence-electron chi connectivity index (χ0n) is 4.65. The minimum atomic E-state index is -0.0661. The molecule has 0 aliphatic heterocycles. The van der Waals surface area contributed by atoms with Crippen molar-refractivity contribution in [3.63, 3.8) is 0 Å². The summed E-state index contributed by atoms with van der Waals surface area (Å²) in [6.45, 7) is 6.60. The van der Waals surface area contributed by atoms with Crippen molar-refractivity contribution in [1.82, 2.24) is 0 Å². The van der Waals surface area contributed by atoms with E-state index in [1.165, 1.54) is 0 Å². The summed E-state index contributed by atoms with van der Waals surface area (Å²) >= 11 is 0. The van der Waals surface area contributed by atoms with Crippen molar-refractivity contribution in [1.29, 1.82) is 0 Å². The van der Waals surface area contributed by atoms with Crippen LogP contribution in [0.4, 0.5) is 0 Å². The maximum Gasteiger partial charge on any atom is 0.0688 e. The van der Waals surface area contributed by atoms with Crippen molar-refractivity contribution in [2.24, 2.45) is 0 Å². The molecule has 0 aromatic heterocycles. The van der Waals surface area contributed by atoms with E-state index < -0.39 is 0 Å². The maximum absolute atomic E-state index is 2.27. The lowest BCUT2D eigenvalue weighted by atomic mass is 10.8. The second-order valence-corrected chi connectivity index (χ2v) is 4.07. The molecule has 0 rings (SSSR count). The zero-order chi connectivity index (χ0) is 4.99. The van der Waals surface area contributed by atoms with Crippen molar-refractivity contribution in [2.75, 3.05) is 0 Å². The van der Waals surface area contributed by atoms with E-state index in [4.69, 9.17) is 0 Å². The molecule has 0 aromatic rings. The molecule has 0 nitrogen and oxygen atoms in total. The van der Waals surface area contributed by atoms with Gasteiger partial charge < -0.3 is 0 Å². The molecular formula is C5H11Si. The average Bonchev–Trinajstić information content (AvgIpc) is 1.35. The highest BCUT2D eigenvalue weighted by molar-refractivity contribution is 6.61. The van der Waals surface area contributed by atoms with E-state index in [1.54, 1.807) is 0 Å². The number of hydrogen-bond donors (Lipinski definition) is 0. The summed E-state index contributed by atoms with van der Waals surface area (Å²) in [7, 11) is -0.0661. The van der Waals surface area contributed by atoms with Crippen LogP contribution in [0.3, 0.4) is 0 Å². The molecule has 35 valence electrons. The molecule has 6 heavy (non-hydrogen) atoms. The molecule has 0 aliphatic carbocycles. The second-order valence-electron chi connectivity index (χ2n) is 1.58. The van der Waals surface area contributed by atoms with E-state index in [-0.39, 0.29) is 8.80 Å². The van der Waals surface area contributed by atoms with Crippen LogP contribution in [0.25, 0.3) is 0 Å². The van der Waals surface area contributed by atoms with Crippen LogP contribution < -0.4 is 0 Å². The van der Waals surface area contributed by atoms with E-state index in [1.807, 2.05) is 0 Å². The summed E-state index contributed by atoms with van der Waals surface area (Å²) in [6, 6.07) is 0. The second kappa shape index (κ2) is 3.16. The van der Waals surface area contributed by atoms with Gasteiger partial charge in [0.1, 0.15) is 0 Å². The minimum absolute atomic E-state index is 0.0661. The molecule has 0 saturated heterocycles. The highest BCUT2D eigenvalue weighted by Gasteiger charge is 1.80. The van der Waals surface area contributed by atoms with E-state index in [2.05, 4.69) is 31.8 Å². The van der Waals surface area contributed by atoms with Crippen LogP contribution in [0.2, 0.25) is 13.1 Å². The van der Waals surface area contributed by atoms with Crippen molar-refractivity contribution in [3.05, 3.63) is 11.8 Å². The third-order valence-electron chi connectivity index (χ3n) is 0.500. The summed E-state index contributed by atoms with van der Waals surface area (Å²) in [6.07, 6.45) is 2.12. The lowest BCUT2D eigenvalue weighted by Crippen LogP contribution is -1.90. The fraction of sp³-hybridized carbons (Fsp3) is 0.600. The lowest BCUT2D eigenvalue weighted by Gasteiger charge is -1.83. The third kappa shape index (κ3) is 3.96. The van der Waals surface area contributed by atoms with Gasteiger partial charge in [0.2, 0.25) is 0 Å². The van der Waals surface area contributed by atoms with Gasteiger partial charge in [-0.25, -0.2) is 0 Å². The Morgan fingerprint density at radius 2 is 1.83 bits per heavy atom. The number of hydrogen-bond acceptors (Lipinski definition) is 0. The van der Waals surface area contributed by atoms with Crippen molar-refractivity contribution >= 4 is 8.80 Å². The monoisotopic (exact) mass is 99.1 g/mol. The van der Waals surface area contributed by atoms with Gasteiger partial charge in [-0.1, -0.05) is 19.2 Å². The molecule has 0 N–H and O–H groups in total. The zero-order valence-corrected chi connectivity index (χ0v) is 5.65. The van der Waals surface area contributed by atoms with E-state index in [0.717, 1.165) is 0 Å². The molecule has 1 radical (unpaired) electrons. The Kier molecular flexibility index (Phi) is 3.14. The van der Waals surface area contributed by atoms with Crippen LogP contribution in [0.15, 0.2) is 11.8 Å². The van der Waals surface area contributed by atoms with Crippen molar-refractivity contribution in [3.8, 4) is 0 Å². The van der Waals surface area contributed by atoms with Crippen LogP contribution >= 0.6 is 0 Å². The summed E-state index contributed by atoms with van der Waals surface area (Å²) in [5.41, 5.74) is 2.27. The first-order valence-electron chi connectivity index (χ1n) is 2.20. The summed E-state index contributed by atoms with van der Waals surface area (Å²) in [5.74, 6) is 0. The van der Waals surface area contributed by atoms with Crippen LogP contribution in [0.5, 0.6) is 0 Å². The molecule has 0 saturated carbocycles. The van der Waals surface area contributed by atoms with E-state index in [9.17, 15) is 0 Å². The quantitative estimate of drug-likeness (QED) is 0.440. The molecule has 0 unspecified atom stereocenters. The van der Waals surface area contributed by atoms with Crippen LogP contribution in [0, 0.1) is 0 Å². The Balaban J connectivity index is 3.03. The fourth-order valence-electron chi connectivity index (χ4n) is 0.333. The standard InChI is InChI=1S/C5H11Si/c1-4-5-6(2)3/h4-5H,1-3H3. The first kappa shape index (κ1) is 5.96. The molecule has 0 atom stereocenters. The third-order valence-corrected chi connectivity index (χ3v) is 1.50. The van der Waals surface area contributed by atoms with Crippen molar-refractivity contribution in [2.45, 2.75) is 20.0 Å². The van der Waals surface area contributed by atoms with Gasteiger partial charge in [0.25, 0.3) is 0 Å². The first-order valence-corrected chi connectivity index (χ1v) is 4.78. The largest absolute Gasteiger partial charge is 0.101 e. The Hall–Kier alpha value is -0.0431. The topological polar surface area (TPSA) is 0 Å². The minimum Gasteiger partial charge on any atom is -0.101 e. The molecule has 0 aliphatic rings. The molecule has 0 spiro atoms. The number of allylic oxidation sites excluding steroid dienone is 1. The van der Waals surface area contributed by atoms with E-state index >= 15 is 0 Å². The molecule has 0 amide bonds. The Morgan fingerprint density at radius 1 is 1.33 bits per heavy atom. The summed E-state index contributed by atoms with van der Waals surface area (Å²) in [4.78, 5) is 0. The first-order chi connectivity index (χ1) is 2.77. The Labute approximate surface area is 41.5 Å². The predicted molar refractivity (Wildman–Crippen MR) is 32.3 cm³/mol. The van der Waals surface area contributed by atoms with Gasteiger partial charge in [0.15, 0.2) is 0 Å². The smallest absolute Gasteiger partial charge is 0.0688 e. The van der Waals surface area contributed by atoms with Crippen LogP contribution in [-0.4, -0.2) is 8.80 Å². The summed E-state index contributed by atoms with van der Waals surface area (Å²) < 4.78 is 0. The van der Waals surface area contributed by atoms with Gasteiger partial charge in [-0.2, -0.15) is 0 Å². The van der Waals surface area contributed by atoms with Gasteiger partial charge in [-0.05, 0) is 6.92 Å². The SMILES string of the molecule is CC=C[Si](C)C. The van der Waals surface area contributed by atoms with Crippen LogP contribution in [0.1, 0.15) is 6.92 Å². The predicted octanol–water partition coefficient (Wildman–Crippen LogP) is 1.86. The molecular weight excluding hydrogens is 88.1 g/mol.